The summed E-state index contributed by atoms with van der Waals surface area (Å²) in [5.74, 6) is -0.629. The molecule has 0 aliphatic rings. The maximum Gasteiger partial charge on any atom is 0.313 e. The van der Waals surface area contributed by atoms with Crippen molar-refractivity contribution in [3.63, 3.8) is 0 Å². The zero-order valence-corrected chi connectivity index (χ0v) is 12.1. The van der Waals surface area contributed by atoms with Crippen molar-refractivity contribution in [3.05, 3.63) is 0 Å². The minimum Gasteiger partial charge on any atom is -0.460 e. The van der Waals surface area contributed by atoms with Gasteiger partial charge in [-0.3, -0.25) is 9.59 Å². The van der Waals surface area contributed by atoms with Crippen LogP contribution in [0.1, 0.15) is 41.5 Å². The van der Waals surface area contributed by atoms with Gasteiger partial charge in [-0.2, -0.15) is 0 Å². The third kappa shape index (κ3) is 6.51. The number of alkyl halides is 1. The Morgan fingerprint density at radius 1 is 1.24 bits per heavy atom. The number of hydrogen-bond donors (Lipinski definition) is 1. The molecule has 100 valence electrons. The van der Waals surface area contributed by atoms with Gasteiger partial charge in [-0.15, -0.1) is 11.6 Å². The van der Waals surface area contributed by atoms with E-state index in [1.807, 2.05) is 0 Å². The van der Waals surface area contributed by atoms with Crippen molar-refractivity contribution in [2.24, 2.45) is 5.41 Å². The lowest BCUT2D eigenvalue weighted by molar-refractivity contribution is -0.165. The van der Waals surface area contributed by atoms with Crippen molar-refractivity contribution in [1.82, 2.24) is 5.32 Å². The summed E-state index contributed by atoms with van der Waals surface area (Å²) in [7, 11) is 0. The Morgan fingerprint density at radius 2 is 1.71 bits per heavy atom. The van der Waals surface area contributed by atoms with Gasteiger partial charge in [0, 0.05) is 6.54 Å². The van der Waals surface area contributed by atoms with Gasteiger partial charge in [0.05, 0.1) is 5.41 Å². The quantitative estimate of drug-likeness (QED) is 0.624. The largest absolute Gasteiger partial charge is 0.460 e. The number of hydrogen-bond acceptors (Lipinski definition) is 3. The molecule has 5 heteroatoms. The minimum absolute atomic E-state index is 0.206. The maximum absolute atomic E-state index is 11.9. The average Bonchev–Trinajstić information content (AvgIpc) is 2.11. The highest BCUT2D eigenvalue weighted by atomic mass is 35.5. The van der Waals surface area contributed by atoms with Crippen molar-refractivity contribution in [3.8, 4) is 0 Å². The molecule has 1 amide bonds. The molecule has 0 aromatic rings. The molecular formula is C12H22ClNO3. The molecule has 0 aliphatic carbocycles. The molecular weight excluding hydrogens is 242 g/mol. The number of carbonyl (C=O) groups is 2. The van der Waals surface area contributed by atoms with Crippen LogP contribution in [0.15, 0.2) is 0 Å². The lowest BCUT2D eigenvalue weighted by atomic mass is 9.93. The smallest absolute Gasteiger partial charge is 0.313 e. The summed E-state index contributed by atoms with van der Waals surface area (Å²) in [6, 6.07) is 0. The molecule has 0 radical (unpaired) electrons. The topological polar surface area (TPSA) is 55.4 Å². The Balaban J connectivity index is 4.38. The number of ether oxygens (including phenoxy) is 1. The molecule has 0 aliphatic heterocycles. The number of esters is 1. The van der Waals surface area contributed by atoms with Gasteiger partial charge < -0.3 is 10.1 Å². The van der Waals surface area contributed by atoms with Crippen molar-refractivity contribution >= 4 is 23.5 Å². The van der Waals surface area contributed by atoms with Gasteiger partial charge in [0.15, 0.2) is 0 Å². The molecule has 1 unspecified atom stereocenters. The predicted octanol–water partition coefficient (Wildman–Crippen LogP) is 2.10. The van der Waals surface area contributed by atoms with Crippen LogP contribution in [0.25, 0.3) is 0 Å². The van der Waals surface area contributed by atoms with Gasteiger partial charge in [0.25, 0.3) is 0 Å². The standard InChI is InChI=1S/C12H22ClNO3/c1-8(13)9(15)14-7-12(5,6)10(16)17-11(2,3)4/h8H,7H2,1-6H3,(H,14,15). The molecule has 0 fully saturated rings. The monoisotopic (exact) mass is 263 g/mol. The van der Waals surface area contributed by atoms with E-state index >= 15 is 0 Å². The Kier molecular flexibility index (Phi) is 5.46. The summed E-state index contributed by atoms with van der Waals surface area (Å²) in [5.41, 5.74) is -1.30. The lowest BCUT2D eigenvalue weighted by Gasteiger charge is -2.28. The number of nitrogens with one attached hydrogen (secondary N) is 1. The summed E-state index contributed by atoms with van der Waals surface area (Å²) in [6.45, 7) is 10.6. The molecule has 0 bridgehead atoms. The summed E-state index contributed by atoms with van der Waals surface area (Å²) >= 11 is 5.61. The maximum atomic E-state index is 11.9. The molecule has 0 saturated heterocycles. The molecule has 17 heavy (non-hydrogen) atoms. The number of halogens is 1. The van der Waals surface area contributed by atoms with Crippen LogP contribution in [0.4, 0.5) is 0 Å². The van der Waals surface area contributed by atoms with Gasteiger partial charge >= 0.3 is 5.97 Å². The molecule has 0 heterocycles. The van der Waals surface area contributed by atoms with E-state index in [1.54, 1.807) is 41.5 Å². The van der Waals surface area contributed by atoms with Gasteiger partial charge in [0.2, 0.25) is 5.91 Å². The minimum atomic E-state index is -0.769. The number of rotatable bonds is 4. The summed E-state index contributed by atoms with van der Waals surface area (Å²) in [4.78, 5) is 23.2. The molecule has 4 nitrogen and oxygen atoms in total. The van der Waals surface area contributed by atoms with Crippen LogP contribution in [-0.2, 0) is 14.3 Å². The summed E-state index contributed by atoms with van der Waals surface area (Å²) < 4.78 is 5.27. The first-order chi connectivity index (χ1) is 7.46. The van der Waals surface area contributed by atoms with Gasteiger partial charge in [-0.1, -0.05) is 0 Å². The molecule has 0 aromatic heterocycles. The molecule has 1 N–H and O–H groups in total. The molecule has 0 rings (SSSR count). The van der Waals surface area contributed by atoms with Crippen LogP contribution in [0.5, 0.6) is 0 Å². The van der Waals surface area contributed by atoms with E-state index in [4.69, 9.17) is 16.3 Å². The highest BCUT2D eigenvalue weighted by Crippen LogP contribution is 2.20. The third-order valence-electron chi connectivity index (χ3n) is 2.02. The second kappa shape index (κ2) is 5.71. The van der Waals surface area contributed by atoms with E-state index in [9.17, 15) is 9.59 Å². The van der Waals surface area contributed by atoms with Crippen LogP contribution in [0, 0.1) is 5.41 Å². The summed E-state index contributed by atoms with van der Waals surface area (Å²) in [5, 5.41) is 2.01. The highest BCUT2D eigenvalue weighted by molar-refractivity contribution is 6.30. The van der Waals surface area contributed by atoms with E-state index in [-0.39, 0.29) is 18.4 Å². The van der Waals surface area contributed by atoms with E-state index in [0.717, 1.165) is 0 Å². The summed E-state index contributed by atoms with van der Waals surface area (Å²) in [6.07, 6.45) is 0. The van der Waals surface area contributed by atoms with Crippen molar-refractivity contribution < 1.29 is 14.3 Å². The zero-order valence-electron chi connectivity index (χ0n) is 11.4. The van der Waals surface area contributed by atoms with Crippen LogP contribution in [0.2, 0.25) is 0 Å². The van der Waals surface area contributed by atoms with Gasteiger partial charge in [0.1, 0.15) is 11.0 Å². The lowest BCUT2D eigenvalue weighted by Crippen LogP contribution is -2.43. The fraction of sp³-hybridized carbons (Fsp3) is 0.833. The van der Waals surface area contributed by atoms with E-state index in [0.29, 0.717) is 0 Å². The zero-order chi connectivity index (χ0) is 13.9. The molecule has 0 aromatic carbocycles. The van der Waals surface area contributed by atoms with Crippen LogP contribution in [0.3, 0.4) is 0 Å². The van der Waals surface area contributed by atoms with Crippen molar-refractivity contribution in [2.75, 3.05) is 6.54 Å². The van der Waals surface area contributed by atoms with Crippen molar-refractivity contribution in [2.45, 2.75) is 52.5 Å². The van der Waals surface area contributed by atoms with E-state index in [1.165, 1.54) is 0 Å². The fourth-order valence-corrected chi connectivity index (χ4v) is 1.01. The first-order valence-corrected chi connectivity index (χ1v) is 6.04. The molecule has 0 saturated carbocycles. The van der Waals surface area contributed by atoms with Crippen molar-refractivity contribution in [1.29, 1.82) is 0 Å². The SMILES string of the molecule is CC(Cl)C(=O)NCC(C)(C)C(=O)OC(C)(C)C. The second-order valence-electron chi connectivity index (χ2n) is 5.72. The van der Waals surface area contributed by atoms with Crippen LogP contribution < -0.4 is 5.32 Å². The van der Waals surface area contributed by atoms with Crippen LogP contribution >= 0.6 is 11.6 Å². The average molecular weight is 264 g/mol. The van der Waals surface area contributed by atoms with Crippen LogP contribution in [-0.4, -0.2) is 29.4 Å². The number of carbonyl (C=O) groups excluding carboxylic acids is 2. The Labute approximate surface area is 108 Å². The Morgan fingerprint density at radius 3 is 2.06 bits per heavy atom. The molecule has 1 atom stereocenters. The predicted molar refractivity (Wildman–Crippen MR) is 68.0 cm³/mol. The normalized spacial score (nSPS) is 14.1. The molecule has 0 spiro atoms. The Hall–Kier alpha value is -0.770. The second-order valence-corrected chi connectivity index (χ2v) is 6.37. The fourth-order valence-electron chi connectivity index (χ4n) is 0.937. The third-order valence-corrected chi connectivity index (χ3v) is 2.22. The van der Waals surface area contributed by atoms with E-state index < -0.39 is 16.4 Å². The van der Waals surface area contributed by atoms with Gasteiger partial charge in [-0.25, -0.2) is 0 Å². The Bertz CT molecular complexity index is 293. The number of amides is 1. The van der Waals surface area contributed by atoms with Gasteiger partial charge in [-0.05, 0) is 41.5 Å². The first kappa shape index (κ1) is 16.2. The van der Waals surface area contributed by atoms with E-state index in [2.05, 4.69) is 5.32 Å². The first-order valence-electron chi connectivity index (χ1n) is 5.61. The highest BCUT2D eigenvalue weighted by Gasteiger charge is 2.33.